The summed E-state index contributed by atoms with van der Waals surface area (Å²) in [7, 11) is 0. The second-order valence-corrected chi connectivity index (χ2v) is 18.7. The van der Waals surface area contributed by atoms with E-state index < -0.39 is 16.1 Å². The molecule has 0 bridgehead atoms. The molecule has 0 nitrogen and oxygen atoms in total. The fourth-order valence-electron chi connectivity index (χ4n) is 8.65. The Labute approximate surface area is 263 Å². The molecule has 2 saturated carbocycles. The third kappa shape index (κ3) is 5.44. The SMILES string of the molecule is C[CH]=[Ti]([C]1=CC=CC1)([c]1ccccc1)[c]1c(C2CCCCC2)ccc2c1Cc1cc(C3CCCCC3)ccc1-2.Cl.Cl. The third-order valence-corrected chi connectivity index (χ3v) is 18.2. The summed E-state index contributed by atoms with van der Waals surface area (Å²) in [6, 6.07) is 24.4. The van der Waals surface area contributed by atoms with Crippen molar-refractivity contribution in [1.29, 1.82) is 0 Å². The van der Waals surface area contributed by atoms with Crippen LogP contribution in [-0.2, 0) is 22.5 Å². The second kappa shape index (κ2) is 13.3. The smallest absolute Gasteiger partial charge is 0.147 e. The number of rotatable bonds is 5. The fourth-order valence-corrected chi connectivity index (χ4v) is 16.4. The first-order chi connectivity index (χ1) is 19.3. The van der Waals surface area contributed by atoms with Crippen molar-refractivity contribution in [3.8, 4) is 11.1 Å². The quantitative estimate of drug-likeness (QED) is 0.195. The molecule has 0 heterocycles. The van der Waals surface area contributed by atoms with Crippen LogP contribution in [0.3, 0.4) is 0 Å². The third-order valence-electron chi connectivity index (χ3n) is 10.6. The predicted molar refractivity (Wildman–Crippen MR) is 180 cm³/mol. The molecule has 3 heteroatoms. The summed E-state index contributed by atoms with van der Waals surface area (Å²) in [5, 5.41) is 0. The van der Waals surface area contributed by atoms with Gasteiger partial charge in [0, 0.05) is 0 Å². The van der Waals surface area contributed by atoms with Gasteiger partial charge < -0.3 is 0 Å². The Morgan fingerprint density at radius 1 is 0.732 bits per heavy atom. The average molecular weight is 621 g/mol. The van der Waals surface area contributed by atoms with Crippen molar-refractivity contribution in [3.63, 3.8) is 0 Å². The topological polar surface area (TPSA) is 0 Å². The van der Waals surface area contributed by atoms with Gasteiger partial charge in [0.2, 0.25) is 0 Å². The van der Waals surface area contributed by atoms with Crippen LogP contribution >= 0.6 is 24.8 Å². The minimum absolute atomic E-state index is 0. The van der Waals surface area contributed by atoms with Gasteiger partial charge in [0.1, 0.15) is 0 Å². The van der Waals surface area contributed by atoms with Gasteiger partial charge in [-0.2, -0.15) is 0 Å². The van der Waals surface area contributed by atoms with E-state index in [0.29, 0.717) is 5.92 Å². The van der Waals surface area contributed by atoms with E-state index in [0.717, 1.165) is 18.8 Å². The molecule has 1 unspecified atom stereocenters. The van der Waals surface area contributed by atoms with Crippen molar-refractivity contribution in [3.05, 3.63) is 105 Å². The van der Waals surface area contributed by atoms with E-state index in [4.69, 9.17) is 0 Å². The Hall–Kier alpha value is -1.70. The average Bonchev–Trinajstić information content (AvgIpc) is 3.68. The molecule has 2 fully saturated rings. The molecule has 4 aliphatic rings. The molecule has 7 rings (SSSR count). The normalized spacial score (nSPS) is 19.8. The summed E-state index contributed by atoms with van der Waals surface area (Å²) in [6.45, 7) is 2.40. The van der Waals surface area contributed by atoms with Gasteiger partial charge in [-0.15, -0.1) is 24.8 Å². The van der Waals surface area contributed by atoms with E-state index in [2.05, 4.69) is 90.1 Å². The molecular formula is C38H45Cl2Ti. The van der Waals surface area contributed by atoms with Crippen molar-refractivity contribution in [2.75, 3.05) is 0 Å². The van der Waals surface area contributed by atoms with Crippen LogP contribution < -0.4 is 7.74 Å². The monoisotopic (exact) mass is 619 g/mol. The molecule has 4 aliphatic carbocycles. The molecule has 0 spiro atoms. The minimum atomic E-state index is -3.02. The van der Waals surface area contributed by atoms with Crippen molar-refractivity contribution < 1.29 is 16.1 Å². The Morgan fingerprint density at radius 3 is 2.07 bits per heavy atom. The molecular weight excluding hydrogens is 575 g/mol. The first-order valence-corrected chi connectivity index (χ1v) is 19.1. The molecule has 3 aromatic carbocycles. The van der Waals surface area contributed by atoms with Crippen LogP contribution in [0.2, 0.25) is 0 Å². The molecule has 0 aliphatic heterocycles. The van der Waals surface area contributed by atoms with Gasteiger partial charge in [0.05, 0.1) is 0 Å². The first-order valence-electron chi connectivity index (χ1n) is 15.8. The summed E-state index contributed by atoms with van der Waals surface area (Å²) in [6.07, 6.45) is 23.3. The fraction of sp³-hybridized carbons (Fsp3) is 0.395. The Balaban J connectivity index is 0.00000169. The molecule has 1 atom stereocenters. The Bertz CT molecular complexity index is 1480. The standard InChI is InChI=1S/C25H29.C6H5.C5H5.C2H4.2ClH.Ti/c1-3-7-18(8-4-1)20-11-13-24-22(15-20)17-23-16-21(12-14-25(23)24)19-9-5-2-6-10-19;1-2-4-6-5-3-1;1-2-4-5-3-1;1-2;;;/h11-15,18-19H,1-10,17H2;1-5H;1-3H,4H2;1H,2H3;2*1H;. The van der Waals surface area contributed by atoms with Gasteiger partial charge in [-0.05, 0) is 0 Å². The zero-order valence-corrected chi connectivity index (χ0v) is 27.7. The van der Waals surface area contributed by atoms with E-state index in [1.54, 1.807) is 33.9 Å². The number of halogens is 2. The number of allylic oxidation sites excluding steroid dienone is 4. The molecule has 3 aromatic rings. The van der Waals surface area contributed by atoms with Crippen molar-refractivity contribution in [2.24, 2.45) is 0 Å². The number of hydrogen-bond acceptors (Lipinski definition) is 0. The molecule has 215 valence electrons. The summed E-state index contributed by atoms with van der Waals surface area (Å²) in [5.74, 6) is 1.48. The van der Waals surface area contributed by atoms with Gasteiger partial charge in [-0.3, -0.25) is 0 Å². The van der Waals surface area contributed by atoms with Crippen LogP contribution in [0.5, 0.6) is 0 Å². The summed E-state index contributed by atoms with van der Waals surface area (Å²) in [4.78, 5) is 0. The number of fused-ring (bicyclic) bond motifs is 3. The van der Waals surface area contributed by atoms with Crippen LogP contribution in [-0.4, -0.2) is 4.31 Å². The van der Waals surface area contributed by atoms with Gasteiger partial charge in [0.15, 0.2) is 0 Å². The molecule has 0 amide bonds. The van der Waals surface area contributed by atoms with Crippen LogP contribution in [0.15, 0.2) is 82.8 Å². The van der Waals surface area contributed by atoms with E-state index in [1.165, 1.54) is 75.3 Å². The maximum Gasteiger partial charge on any atom is -0.147 e. The van der Waals surface area contributed by atoms with Gasteiger partial charge in [-0.1, -0.05) is 0 Å². The molecule has 0 N–H and O–H groups in total. The van der Waals surface area contributed by atoms with E-state index in [1.807, 2.05) is 0 Å². The van der Waals surface area contributed by atoms with Crippen LogP contribution in [0, 0.1) is 0 Å². The molecule has 0 aromatic heterocycles. The largest absolute Gasteiger partial charge is 0.147 e. The van der Waals surface area contributed by atoms with Gasteiger partial charge >= 0.3 is 240 Å². The van der Waals surface area contributed by atoms with Gasteiger partial charge in [0.25, 0.3) is 0 Å². The summed E-state index contributed by atoms with van der Waals surface area (Å²) >= 11 is -3.02. The van der Waals surface area contributed by atoms with E-state index >= 15 is 0 Å². The minimum Gasteiger partial charge on any atom is -0.147 e. The second-order valence-electron chi connectivity index (χ2n) is 12.6. The predicted octanol–water partition coefficient (Wildman–Crippen LogP) is 9.97. The Kier molecular flexibility index (Phi) is 9.98. The molecule has 0 radical (unpaired) electrons. The van der Waals surface area contributed by atoms with Crippen LogP contribution in [0.4, 0.5) is 0 Å². The summed E-state index contributed by atoms with van der Waals surface area (Å²) < 4.78 is 7.86. The zero-order chi connectivity index (χ0) is 26.2. The number of hydrogen-bond donors (Lipinski definition) is 0. The Morgan fingerprint density at radius 2 is 1.41 bits per heavy atom. The van der Waals surface area contributed by atoms with Gasteiger partial charge in [-0.25, -0.2) is 0 Å². The van der Waals surface area contributed by atoms with Crippen molar-refractivity contribution in [1.82, 2.24) is 0 Å². The van der Waals surface area contributed by atoms with Crippen LogP contribution in [0.25, 0.3) is 11.1 Å². The maximum absolute atomic E-state index is 3.02. The van der Waals surface area contributed by atoms with E-state index in [-0.39, 0.29) is 24.8 Å². The molecule has 0 saturated heterocycles. The van der Waals surface area contributed by atoms with Crippen molar-refractivity contribution in [2.45, 2.75) is 95.8 Å². The maximum atomic E-state index is 2.73. The summed E-state index contributed by atoms with van der Waals surface area (Å²) in [5.41, 5.74) is 9.64. The first kappa shape index (κ1) is 30.8. The number of benzene rings is 3. The van der Waals surface area contributed by atoms with Crippen molar-refractivity contribution >= 4 is 36.9 Å². The van der Waals surface area contributed by atoms with E-state index in [9.17, 15) is 0 Å². The zero-order valence-electron chi connectivity index (χ0n) is 24.5. The van der Waals surface area contributed by atoms with Crippen LogP contribution in [0.1, 0.15) is 112 Å². The molecule has 41 heavy (non-hydrogen) atoms.